The zero-order valence-electron chi connectivity index (χ0n) is 14.1. The van der Waals surface area contributed by atoms with E-state index in [9.17, 15) is 4.79 Å². The average Bonchev–Trinajstić information content (AvgIpc) is 3.13. The highest BCUT2D eigenvalue weighted by molar-refractivity contribution is 5.84. The topological polar surface area (TPSA) is 53.7 Å². The van der Waals surface area contributed by atoms with Crippen LogP contribution in [0.2, 0.25) is 0 Å². The van der Waals surface area contributed by atoms with Crippen LogP contribution in [-0.4, -0.2) is 16.0 Å². The van der Waals surface area contributed by atoms with Gasteiger partial charge in [0.05, 0.1) is 6.04 Å². The van der Waals surface area contributed by atoms with Gasteiger partial charge in [0.1, 0.15) is 5.76 Å². The predicted octanol–water partition coefficient (Wildman–Crippen LogP) is 4.74. The van der Waals surface area contributed by atoms with Crippen LogP contribution in [0.25, 0.3) is 0 Å². The molecule has 0 aliphatic rings. The molecule has 0 amide bonds. The predicted molar refractivity (Wildman–Crippen MR) is 96.2 cm³/mol. The van der Waals surface area contributed by atoms with Gasteiger partial charge in [-0.1, -0.05) is 60.7 Å². The van der Waals surface area contributed by atoms with Crippen molar-refractivity contribution >= 4 is 5.97 Å². The first-order valence-electron chi connectivity index (χ1n) is 8.28. The third kappa shape index (κ3) is 4.37. The molecule has 128 valence electrons. The normalized spacial score (nSPS) is 12.2. The molecule has 0 spiro atoms. The summed E-state index contributed by atoms with van der Waals surface area (Å²) in [6.07, 6.45) is 0. The smallest absolute Gasteiger partial charge is 0.371 e. The van der Waals surface area contributed by atoms with Crippen molar-refractivity contribution in [2.24, 2.45) is 0 Å². The Hall–Kier alpha value is -2.85. The highest BCUT2D eigenvalue weighted by Crippen LogP contribution is 2.26. The van der Waals surface area contributed by atoms with E-state index in [4.69, 9.17) is 9.52 Å². The number of benzene rings is 2. The Morgan fingerprint density at radius 3 is 1.88 bits per heavy atom. The third-order valence-corrected chi connectivity index (χ3v) is 4.25. The number of hydrogen-bond acceptors (Lipinski definition) is 3. The first kappa shape index (κ1) is 17.0. The van der Waals surface area contributed by atoms with Crippen LogP contribution < -0.4 is 0 Å². The SMILES string of the molecule is CC(c1ccc(C(=O)O)o1)N(Cc1ccccc1)Cc1ccccc1. The van der Waals surface area contributed by atoms with Crippen LogP contribution in [0.15, 0.2) is 77.2 Å². The number of hydrogen-bond donors (Lipinski definition) is 1. The molecule has 2 aromatic carbocycles. The molecular formula is C21H21NO3. The van der Waals surface area contributed by atoms with Crippen molar-refractivity contribution in [2.75, 3.05) is 0 Å². The van der Waals surface area contributed by atoms with Crippen LogP contribution in [-0.2, 0) is 13.1 Å². The lowest BCUT2D eigenvalue weighted by atomic mass is 10.1. The fourth-order valence-corrected chi connectivity index (χ4v) is 2.84. The first-order valence-corrected chi connectivity index (χ1v) is 8.28. The lowest BCUT2D eigenvalue weighted by Gasteiger charge is -2.28. The van der Waals surface area contributed by atoms with Gasteiger partial charge in [-0.2, -0.15) is 0 Å². The Balaban J connectivity index is 1.84. The number of rotatable bonds is 7. The van der Waals surface area contributed by atoms with Gasteiger partial charge in [-0.05, 0) is 30.2 Å². The molecule has 4 heteroatoms. The van der Waals surface area contributed by atoms with Crippen molar-refractivity contribution in [1.29, 1.82) is 0 Å². The molecule has 1 unspecified atom stereocenters. The third-order valence-electron chi connectivity index (χ3n) is 4.25. The van der Waals surface area contributed by atoms with Gasteiger partial charge in [-0.25, -0.2) is 4.79 Å². The van der Waals surface area contributed by atoms with E-state index >= 15 is 0 Å². The minimum Gasteiger partial charge on any atom is -0.475 e. The van der Waals surface area contributed by atoms with E-state index in [0.29, 0.717) is 5.76 Å². The highest BCUT2D eigenvalue weighted by atomic mass is 16.4. The second-order valence-corrected chi connectivity index (χ2v) is 6.06. The minimum absolute atomic E-state index is 0.0266. The molecule has 3 aromatic rings. The van der Waals surface area contributed by atoms with Crippen molar-refractivity contribution in [3.05, 3.63) is 95.4 Å². The highest BCUT2D eigenvalue weighted by Gasteiger charge is 2.21. The average molecular weight is 335 g/mol. The van der Waals surface area contributed by atoms with E-state index in [1.807, 2.05) is 43.3 Å². The molecular weight excluding hydrogens is 314 g/mol. The minimum atomic E-state index is -1.05. The number of carbonyl (C=O) groups is 1. The zero-order valence-corrected chi connectivity index (χ0v) is 14.1. The molecule has 0 aliphatic carbocycles. The number of carboxylic acids is 1. The van der Waals surface area contributed by atoms with E-state index in [2.05, 4.69) is 29.2 Å². The van der Waals surface area contributed by atoms with Crippen LogP contribution in [0.5, 0.6) is 0 Å². The zero-order chi connectivity index (χ0) is 17.6. The Bertz CT molecular complexity index is 770. The van der Waals surface area contributed by atoms with Gasteiger partial charge < -0.3 is 9.52 Å². The summed E-state index contributed by atoms with van der Waals surface area (Å²) in [6.45, 7) is 3.54. The van der Waals surface area contributed by atoms with Crippen molar-refractivity contribution in [3.63, 3.8) is 0 Å². The van der Waals surface area contributed by atoms with Crippen molar-refractivity contribution in [3.8, 4) is 0 Å². The molecule has 1 atom stereocenters. The van der Waals surface area contributed by atoms with E-state index in [1.165, 1.54) is 17.2 Å². The van der Waals surface area contributed by atoms with Gasteiger partial charge in [0.2, 0.25) is 5.76 Å². The molecule has 0 aliphatic heterocycles. The second-order valence-electron chi connectivity index (χ2n) is 6.06. The largest absolute Gasteiger partial charge is 0.475 e. The molecule has 1 N–H and O–H groups in total. The van der Waals surface area contributed by atoms with Gasteiger partial charge >= 0.3 is 5.97 Å². The van der Waals surface area contributed by atoms with Crippen molar-refractivity contribution < 1.29 is 14.3 Å². The Labute approximate surface area is 147 Å². The van der Waals surface area contributed by atoms with Gasteiger partial charge in [-0.3, -0.25) is 4.90 Å². The molecule has 0 saturated carbocycles. The maximum absolute atomic E-state index is 11.1. The second kappa shape index (κ2) is 7.81. The van der Waals surface area contributed by atoms with Crippen LogP contribution >= 0.6 is 0 Å². The van der Waals surface area contributed by atoms with Crippen LogP contribution in [0.1, 0.15) is 40.4 Å². The van der Waals surface area contributed by atoms with E-state index in [0.717, 1.165) is 13.1 Å². The molecule has 0 bridgehead atoms. The molecule has 0 fully saturated rings. The summed E-state index contributed by atoms with van der Waals surface area (Å²) < 4.78 is 5.52. The fraction of sp³-hybridized carbons (Fsp3) is 0.190. The standard InChI is InChI=1S/C21H21NO3/c1-16(19-12-13-20(25-19)21(23)24)22(14-17-8-4-2-5-9-17)15-18-10-6-3-7-11-18/h2-13,16H,14-15H2,1H3,(H,23,24). The summed E-state index contributed by atoms with van der Waals surface area (Å²) in [6, 6.07) is 23.7. The van der Waals surface area contributed by atoms with Crippen molar-refractivity contribution in [2.45, 2.75) is 26.1 Å². The molecule has 3 rings (SSSR count). The molecule has 25 heavy (non-hydrogen) atoms. The Morgan fingerprint density at radius 2 is 1.44 bits per heavy atom. The summed E-state index contributed by atoms with van der Waals surface area (Å²) in [5.41, 5.74) is 2.41. The number of nitrogens with zero attached hydrogens (tertiary/aromatic N) is 1. The van der Waals surface area contributed by atoms with Gasteiger partial charge in [-0.15, -0.1) is 0 Å². The molecule has 0 saturated heterocycles. The lowest BCUT2D eigenvalue weighted by Crippen LogP contribution is -2.26. The Morgan fingerprint density at radius 1 is 0.920 bits per heavy atom. The number of furan rings is 1. The summed E-state index contributed by atoms with van der Waals surface area (Å²) in [5.74, 6) is -0.415. The van der Waals surface area contributed by atoms with Gasteiger partial charge in [0.15, 0.2) is 0 Å². The quantitative estimate of drug-likeness (QED) is 0.677. The molecule has 1 aromatic heterocycles. The van der Waals surface area contributed by atoms with Crippen LogP contribution in [0, 0.1) is 0 Å². The maximum atomic E-state index is 11.1. The Kier molecular flexibility index (Phi) is 5.31. The van der Waals surface area contributed by atoms with Crippen LogP contribution in [0.3, 0.4) is 0 Å². The van der Waals surface area contributed by atoms with E-state index in [-0.39, 0.29) is 11.8 Å². The fourth-order valence-electron chi connectivity index (χ4n) is 2.84. The van der Waals surface area contributed by atoms with E-state index < -0.39 is 5.97 Å². The number of aromatic carboxylic acids is 1. The summed E-state index contributed by atoms with van der Waals surface area (Å²) in [7, 11) is 0. The van der Waals surface area contributed by atoms with Crippen LogP contribution in [0.4, 0.5) is 0 Å². The summed E-state index contributed by atoms with van der Waals surface area (Å²) in [5, 5.41) is 9.08. The summed E-state index contributed by atoms with van der Waals surface area (Å²) >= 11 is 0. The first-order chi connectivity index (χ1) is 12.1. The monoisotopic (exact) mass is 335 g/mol. The van der Waals surface area contributed by atoms with E-state index in [1.54, 1.807) is 6.07 Å². The van der Waals surface area contributed by atoms with Crippen molar-refractivity contribution in [1.82, 2.24) is 4.90 Å². The molecule has 4 nitrogen and oxygen atoms in total. The lowest BCUT2D eigenvalue weighted by molar-refractivity contribution is 0.0654. The van der Waals surface area contributed by atoms with Gasteiger partial charge in [0.25, 0.3) is 0 Å². The molecule has 1 heterocycles. The summed E-state index contributed by atoms with van der Waals surface area (Å²) in [4.78, 5) is 13.4. The van der Waals surface area contributed by atoms with Gasteiger partial charge in [0, 0.05) is 13.1 Å². The molecule has 0 radical (unpaired) electrons. The number of carboxylic acid groups (broad SMARTS) is 1. The maximum Gasteiger partial charge on any atom is 0.371 e.